The summed E-state index contributed by atoms with van der Waals surface area (Å²) in [6.45, 7) is 9.38. The number of nitrogens with zero attached hydrogens (tertiary/aromatic N) is 3. The molecule has 0 unspecified atom stereocenters. The first-order chi connectivity index (χ1) is 9.81. The fraction of sp³-hybridized carbons (Fsp3) is 0.733. The molecular formula is C15H26N4O2. The number of anilines is 1. The zero-order chi connectivity index (χ0) is 15.6. The third-order valence-corrected chi connectivity index (χ3v) is 3.79. The van der Waals surface area contributed by atoms with E-state index in [1.165, 1.54) is 0 Å². The number of aromatic nitrogens is 2. The average molecular weight is 294 g/mol. The largest absolute Gasteiger partial charge is 0.395 e. The molecule has 0 saturated carbocycles. The molecule has 2 N–H and O–H groups in total. The highest BCUT2D eigenvalue weighted by Crippen LogP contribution is 2.21. The molecule has 1 aromatic rings. The molecule has 6 nitrogen and oxygen atoms in total. The molecule has 0 radical (unpaired) electrons. The summed E-state index contributed by atoms with van der Waals surface area (Å²) in [5.41, 5.74) is 0.702. The van der Waals surface area contributed by atoms with Crippen LogP contribution in [0.4, 0.5) is 5.82 Å². The second-order valence-electron chi connectivity index (χ2n) is 6.75. The van der Waals surface area contributed by atoms with Gasteiger partial charge in [0, 0.05) is 12.1 Å². The van der Waals surface area contributed by atoms with Crippen molar-refractivity contribution in [3.05, 3.63) is 11.8 Å². The summed E-state index contributed by atoms with van der Waals surface area (Å²) in [4.78, 5) is 14.3. The van der Waals surface area contributed by atoms with Gasteiger partial charge in [-0.25, -0.2) is 4.68 Å². The van der Waals surface area contributed by atoms with Crippen molar-refractivity contribution in [2.75, 3.05) is 25.0 Å². The quantitative estimate of drug-likeness (QED) is 0.879. The molecule has 6 heteroatoms. The van der Waals surface area contributed by atoms with Gasteiger partial charge in [-0.15, -0.1) is 0 Å². The van der Waals surface area contributed by atoms with Crippen molar-refractivity contribution < 1.29 is 9.90 Å². The highest BCUT2D eigenvalue weighted by atomic mass is 16.3. The van der Waals surface area contributed by atoms with Crippen LogP contribution in [0.15, 0.2) is 6.07 Å². The van der Waals surface area contributed by atoms with E-state index in [2.05, 4.69) is 31.2 Å². The van der Waals surface area contributed by atoms with Crippen molar-refractivity contribution in [3.63, 3.8) is 0 Å². The molecule has 0 spiro atoms. The van der Waals surface area contributed by atoms with Crippen LogP contribution in [0.5, 0.6) is 0 Å². The minimum Gasteiger partial charge on any atom is -0.395 e. The number of likely N-dealkylation sites (tertiary alicyclic amines) is 1. The maximum absolute atomic E-state index is 12.2. The van der Waals surface area contributed by atoms with Gasteiger partial charge in [0.25, 0.3) is 0 Å². The average Bonchev–Trinajstić information content (AvgIpc) is 2.95. The lowest BCUT2D eigenvalue weighted by Gasteiger charge is -2.24. The summed E-state index contributed by atoms with van der Waals surface area (Å²) >= 11 is 0. The number of aryl methyl sites for hydroxylation is 1. The molecule has 1 saturated heterocycles. The van der Waals surface area contributed by atoms with E-state index >= 15 is 0 Å². The number of amides is 1. The van der Waals surface area contributed by atoms with Crippen molar-refractivity contribution in [1.82, 2.24) is 14.7 Å². The van der Waals surface area contributed by atoms with Crippen molar-refractivity contribution in [1.29, 1.82) is 0 Å². The first-order valence-corrected chi connectivity index (χ1v) is 7.53. The lowest BCUT2D eigenvalue weighted by atomic mass is 10.1. The molecule has 1 atom stereocenters. The van der Waals surface area contributed by atoms with Gasteiger partial charge in [-0.05, 0) is 47.1 Å². The molecule has 1 aliphatic rings. The standard InChI is InChI=1S/C15H26N4O2/c1-11-8-13(19(17-11)15(2,3)4)16-14(21)9-18-7-5-6-12(18)10-20/h8,12,20H,5-7,9-10H2,1-4H3,(H,16,21)/t12-/m1/s1. The van der Waals surface area contributed by atoms with Crippen LogP contribution in [0.1, 0.15) is 39.3 Å². The molecule has 1 amide bonds. The van der Waals surface area contributed by atoms with Crippen LogP contribution in [-0.4, -0.2) is 51.4 Å². The lowest BCUT2D eigenvalue weighted by Crippen LogP contribution is -2.39. The van der Waals surface area contributed by atoms with E-state index < -0.39 is 0 Å². The van der Waals surface area contributed by atoms with Crippen molar-refractivity contribution in [3.8, 4) is 0 Å². The molecule has 0 bridgehead atoms. The van der Waals surface area contributed by atoms with E-state index in [1.807, 2.05) is 22.6 Å². The second kappa shape index (κ2) is 6.15. The molecule has 2 heterocycles. The molecule has 21 heavy (non-hydrogen) atoms. The highest BCUT2D eigenvalue weighted by Gasteiger charge is 2.26. The Labute approximate surface area is 126 Å². The van der Waals surface area contributed by atoms with E-state index in [9.17, 15) is 9.90 Å². The lowest BCUT2D eigenvalue weighted by molar-refractivity contribution is -0.117. The first-order valence-electron chi connectivity index (χ1n) is 7.53. The molecular weight excluding hydrogens is 268 g/mol. The topological polar surface area (TPSA) is 70.4 Å². The van der Waals surface area contributed by atoms with E-state index in [0.29, 0.717) is 6.54 Å². The number of aliphatic hydroxyl groups excluding tert-OH is 1. The highest BCUT2D eigenvalue weighted by molar-refractivity contribution is 5.91. The van der Waals surface area contributed by atoms with Crippen LogP contribution in [0.3, 0.4) is 0 Å². The summed E-state index contributed by atoms with van der Waals surface area (Å²) < 4.78 is 1.84. The molecule has 1 fully saturated rings. The zero-order valence-electron chi connectivity index (χ0n) is 13.4. The predicted molar refractivity (Wildman–Crippen MR) is 82.3 cm³/mol. The molecule has 2 rings (SSSR count). The first kappa shape index (κ1) is 16.0. The van der Waals surface area contributed by atoms with Gasteiger partial charge in [-0.2, -0.15) is 5.10 Å². The number of hydrogen-bond donors (Lipinski definition) is 2. The predicted octanol–water partition coefficient (Wildman–Crippen LogP) is 1.34. The van der Waals surface area contributed by atoms with Crippen molar-refractivity contribution >= 4 is 11.7 Å². The third kappa shape index (κ3) is 3.83. The van der Waals surface area contributed by atoms with Gasteiger partial charge in [0.2, 0.25) is 5.91 Å². The Morgan fingerprint density at radius 2 is 2.24 bits per heavy atom. The SMILES string of the molecule is Cc1cc(NC(=O)CN2CCC[C@@H]2CO)n(C(C)(C)C)n1. The van der Waals surface area contributed by atoms with Crippen LogP contribution in [0.25, 0.3) is 0 Å². The Morgan fingerprint density at radius 3 is 2.86 bits per heavy atom. The van der Waals surface area contributed by atoms with Crippen LogP contribution >= 0.6 is 0 Å². The molecule has 1 aromatic heterocycles. The summed E-state index contributed by atoms with van der Waals surface area (Å²) in [6, 6.07) is 2.00. The Balaban J connectivity index is 2.03. The Morgan fingerprint density at radius 1 is 1.52 bits per heavy atom. The maximum atomic E-state index is 12.2. The van der Waals surface area contributed by atoms with E-state index in [-0.39, 0.29) is 24.1 Å². The maximum Gasteiger partial charge on any atom is 0.239 e. The third-order valence-electron chi connectivity index (χ3n) is 3.79. The van der Waals surface area contributed by atoms with Gasteiger partial charge in [-0.1, -0.05) is 0 Å². The Hall–Kier alpha value is -1.40. The second-order valence-corrected chi connectivity index (χ2v) is 6.75. The summed E-state index contributed by atoms with van der Waals surface area (Å²) in [5.74, 6) is 0.672. The van der Waals surface area contributed by atoms with E-state index in [1.54, 1.807) is 0 Å². The summed E-state index contributed by atoms with van der Waals surface area (Å²) in [5, 5.41) is 16.7. The van der Waals surface area contributed by atoms with E-state index in [4.69, 9.17) is 0 Å². The summed E-state index contributed by atoms with van der Waals surface area (Å²) in [7, 11) is 0. The molecule has 118 valence electrons. The fourth-order valence-corrected chi connectivity index (χ4v) is 2.78. The number of rotatable bonds is 4. The molecule has 1 aliphatic heterocycles. The normalized spacial score (nSPS) is 20.0. The fourth-order valence-electron chi connectivity index (χ4n) is 2.78. The van der Waals surface area contributed by atoms with E-state index in [0.717, 1.165) is 30.9 Å². The van der Waals surface area contributed by atoms with Gasteiger partial charge in [0.05, 0.1) is 24.4 Å². The Bertz CT molecular complexity index is 504. The van der Waals surface area contributed by atoms with Crippen LogP contribution in [0.2, 0.25) is 0 Å². The van der Waals surface area contributed by atoms with Crippen molar-refractivity contribution in [2.24, 2.45) is 0 Å². The minimum atomic E-state index is -0.182. The van der Waals surface area contributed by atoms with Gasteiger partial charge in [0.1, 0.15) is 5.82 Å². The van der Waals surface area contributed by atoms with Crippen LogP contribution in [-0.2, 0) is 10.3 Å². The summed E-state index contributed by atoms with van der Waals surface area (Å²) in [6.07, 6.45) is 2.00. The van der Waals surface area contributed by atoms with Gasteiger partial charge < -0.3 is 10.4 Å². The van der Waals surface area contributed by atoms with Crippen LogP contribution < -0.4 is 5.32 Å². The number of aliphatic hydroxyl groups is 1. The van der Waals surface area contributed by atoms with Crippen molar-refractivity contribution in [2.45, 2.75) is 52.1 Å². The van der Waals surface area contributed by atoms with Gasteiger partial charge in [-0.3, -0.25) is 9.69 Å². The number of hydrogen-bond acceptors (Lipinski definition) is 4. The molecule has 0 aromatic carbocycles. The smallest absolute Gasteiger partial charge is 0.239 e. The van der Waals surface area contributed by atoms with Gasteiger partial charge in [0.15, 0.2) is 0 Å². The number of carbonyl (C=O) groups excluding carboxylic acids is 1. The number of carbonyl (C=O) groups is 1. The Kier molecular flexibility index (Phi) is 4.68. The zero-order valence-corrected chi connectivity index (χ0v) is 13.4. The van der Waals surface area contributed by atoms with Crippen LogP contribution in [0, 0.1) is 6.92 Å². The van der Waals surface area contributed by atoms with Gasteiger partial charge >= 0.3 is 0 Å². The minimum absolute atomic E-state index is 0.0549. The monoisotopic (exact) mass is 294 g/mol. The number of nitrogens with one attached hydrogen (secondary N) is 1. The molecule has 0 aliphatic carbocycles.